The second-order valence-electron chi connectivity index (χ2n) is 4.94. The van der Waals surface area contributed by atoms with Gasteiger partial charge in [-0.25, -0.2) is 4.98 Å². The number of nitrogens with one attached hydrogen (secondary N) is 2. The van der Waals surface area contributed by atoms with Crippen LogP contribution in [-0.2, 0) is 4.79 Å². The van der Waals surface area contributed by atoms with Crippen LogP contribution < -0.4 is 10.6 Å². The molecule has 0 saturated heterocycles. The summed E-state index contributed by atoms with van der Waals surface area (Å²) in [5, 5.41) is 8.98. The molecule has 1 amide bonds. The molecule has 0 fully saturated rings. The summed E-state index contributed by atoms with van der Waals surface area (Å²) in [6.45, 7) is 6.45. The van der Waals surface area contributed by atoms with E-state index in [1.807, 2.05) is 29.6 Å². The molecule has 0 aliphatic rings. The van der Waals surface area contributed by atoms with Gasteiger partial charge in [-0.3, -0.25) is 4.79 Å². The number of aromatic nitrogens is 1. The third kappa shape index (κ3) is 4.70. The standard InChI is InChI=1S/C17H21N3OS/c1-3-5-9-16(21)19-14-8-6-7-13(11-14)15-12-22-17(20-15)18-10-4-2/h4,6-8,11-12H,2-3,5,9-10H2,1H3,(H,18,20)(H,19,21). The summed E-state index contributed by atoms with van der Waals surface area (Å²) >= 11 is 1.56. The summed E-state index contributed by atoms with van der Waals surface area (Å²) in [4.78, 5) is 16.3. The van der Waals surface area contributed by atoms with Crippen LogP contribution in [0.4, 0.5) is 10.8 Å². The molecule has 5 heteroatoms. The van der Waals surface area contributed by atoms with Gasteiger partial charge in [0.15, 0.2) is 5.13 Å². The van der Waals surface area contributed by atoms with Gasteiger partial charge in [0.1, 0.15) is 0 Å². The van der Waals surface area contributed by atoms with Gasteiger partial charge in [0.05, 0.1) is 5.69 Å². The summed E-state index contributed by atoms with van der Waals surface area (Å²) < 4.78 is 0. The summed E-state index contributed by atoms with van der Waals surface area (Å²) in [5.74, 6) is 0.0608. The highest BCUT2D eigenvalue weighted by Gasteiger charge is 2.06. The van der Waals surface area contributed by atoms with E-state index in [1.54, 1.807) is 17.4 Å². The molecule has 4 nitrogen and oxygen atoms in total. The average molecular weight is 315 g/mol. The smallest absolute Gasteiger partial charge is 0.224 e. The van der Waals surface area contributed by atoms with Crippen molar-refractivity contribution in [1.29, 1.82) is 0 Å². The first kappa shape index (κ1) is 16.2. The molecule has 1 aromatic carbocycles. The highest BCUT2D eigenvalue weighted by atomic mass is 32.1. The molecular weight excluding hydrogens is 294 g/mol. The van der Waals surface area contributed by atoms with E-state index >= 15 is 0 Å². The van der Waals surface area contributed by atoms with Crippen molar-refractivity contribution in [3.8, 4) is 11.3 Å². The van der Waals surface area contributed by atoms with Gasteiger partial charge in [-0.05, 0) is 18.6 Å². The van der Waals surface area contributed by atoms with Crippen LogP contribution in [0.1, 0.15) is 26.2 Å². The van der Waals surface area contributed by atoms with Crippen LogP contribution in [0.5, 0.6) is 0 Å². The molecule has 0 aliphatic carbocycles. The number of amides is 1. The van der Waals surface area contributed by atoms with Crippen LogP contribution in [0.3, 0.4) is 0 Å². The number of carbonyl (C=O) groups is 1. The minimum Gasteiger partial charge on any atom is -0.358 e. The van der Waals surface area contributed by atoms with E-state index in [4.69, 9.17) is 0 Å². The highest BCUT2D eigenvalue weighted by Crippen LogP contribution is 2.26. The second-order valence-corrected chi connectivity index (χ2v) is 5.80. The van der Waals surface area contributed by atoms with Gasteiger partial charge in [0.2, 0.25) is 5.91 Å². The quantitative estimate of drug-likeness (QED) is 0.703. The van der Waals surface area contributed by atoms with Crippen LogP contribution in [0.25, 0.3) is 11.3 Å². The molecule has 0 bridgehead atoms. The zero-order chi connectivity index (χ0) is 15.8. The van der Waals surface area contributed by atoms with Crippen LogP contribution in [0.15, 0.2) is 42.3 Å². The lowest BCUT2D eigenvalue weighted by atomic mass is 10.1. The number of nitrogens with zero attached hydrogens (tertiary/aromatic N) is 1. The minimum absolute atomic E-state index is 0.0608. The molecule has 0 atom stereocenters. The zero-order valence-electron chi connectivity index (χ0n) is 12.8. The van der Waals surface area contributed by atoms with Crippen molar-refractivity contribution in [2.45, 2.75) is 26.2 Å². The predicted molar refractivity (Wildman–Crippen MR) is 94.4 cm³/mol. The third-order valence-electron chi connectivity index (χ3n) is 3.10. The van der Waals surface area contributed by atoms with Gasteiger partial charge in [-0.15, -0.1) is 17.9 Å². The Morgan fingerprint density at radius 2 is 2.32 bits per heavy atom. The molecule has 1 aromatic heterocycles. The van der Waals surface area contributed by atoms with Gasteiger partial charge in [-0.2, -0.15) is 0 Å². The monoisotopic (exact) mass is 315 g/mol. The zero-order valence-corrected chi connectivity index (χ0v) is 13.6. The molecule has 1 heterocycles. The van der Waals surface area contributed by atoms with Crippen molar-refractivity contribution in [2.24, 2.45) is 0 Å². The first-order chi connectivity index (χ1) is 10.7. The molecule has 2 N–H and O–H groups in total. The first-order valence-electron chi connectivity index (χ1n) is 7.43. The van der Waals surface area contributed by atoms with Crippen molar-refractivity contribution < 1.29 is 4.79 Å². The summed E-state index contributed by atoms with van der Waals surface area (Å²) in [6, 6.07) is 7.78. The fourth-order valence-electron chi connectivity index (χ4n) is 1.96. The van der Waals surface area contributed by atoms with Gasteiger partial charge < -0.3 is 10.6 Å². The SMILES string of the molecule is C=CCNc1nc(-c2cccc(NC(=O)CCCC)c2)cs1. The lowest BCUT2D eigenvalue weighted by Crippen LogP contribution is -2.10. The lowest BCUT2D eigenvalue weighted by molar-refractivity contribution is -0.116. The van der Waals surface area contributed by atoms with E-state index in [9.17, 15) is 4.79 Å². The molecule has 2 aromatic rings. The summed E-state index contributed by atoms with van der Waals surface area (Å²) in [7, 11) is 0. The Morgan fingerprint density at radius 3 is 3.09 bits per heavy atom. The van der Waals surface area contributed by atoms with Crippen LogP contribution >= 0.6 is 11.3 Å². The number of benzene rings is 1. The molecule has 22 heavy (non-hydrogen) atoms. The van der Waals surface area contributed by atoms with Gasteiger partial charge in [-0.1, -0.05) is 31.6 Å². The maximum Gasteiger partial charge on any atom is 0.224 e. The van der Waals surface area contributed by atoms with Gasteiger partial charge in [0, 0.05) is 29.6 Å². The number of hydrogen-bond acceptors (Lipinski definition) is 4. The lowest BCUT2D eigenvalue weighted by Gasteiger charge is -2.06. The van der Waals surface area contributed by atoms with Gasteiger partial charge in [0.25, 0.3) is 0 Å². The summed E-state index contributed by atoms with van der Waals surface area (Å²) in [5.41, 5.74) is 2.71. The van der Waals surface area contributed by atoms with E-state index in [-0.39, 0.29) is 5.91 Å². The Balaban J connectivity index is 2.05. The second kappa shape index (κ2) is 8.34. The third-order valence-corrected chi connectivity index (χ3v) is 3.90. The van der Waals surface area contributed by atoms with Crippen LogP contribution in [0, 0.1) is 0 Å². The van der Waals surface area contributed by atoms with Crippen molar-refractivity contribution in [3.63, 3.8) is 0 Å². The van der Waals surface area contributed by atoms with E-state index in [0.717, 1.165) is 34.9 Å². The molecule has 0 aliphatic heterocycles. The number of carbonyl (C=O) groups excluding carboxylic acids is 1. The van der Waals surface area contributed by atoms with E-state index in [0.29, 0.717) is 13.0 Å². The van der Waals surface area contributed by atoms with Gasteiger partial charge >= 0.3 is 0 Å². The van der Waals surface area contributed by atoms with E-state index in [2.05, 4.69) is 29.1 Å². The Morgan fingerprint density at radius 1 is 1.45 bits per heavy atom. The maximum absolute atomic E-state index is 11.8. The van der Waals surface area contributed by atoms with Crippen molar-refractivity contribution in [2.75, 3.05) is 17.2 Å². The first-order valence-corrected chi connectivity index (χ1v) is 8.31. The molecule has 0 unspecified atom stereocenters. The Hall–Kier alpha value is -2.14. The largest absolute Gasteiger partial charge is 0.358 e. The molecule has 116 valence electrons. The number of unbranched alkanes of at least 4 members (excludes halogenated alkanes) is 1. The van der Waals surface area contributed by atoms with Crippen molar-refractivity contribution in [3.05, 3.63) is 42.3 Å². The maximum atomic E-state index is 11.8. The van der Waals surface area contributed by atoms with E-state index in [1.165, 1.54) is 0 Å². The molecule has 2 rings (SSSR count). The Labute approximate surface area is 135 Å². The predicted octanol–water partition coefficient (Wildman–Crippen LogP) is 4.54. The number of hydrogen-bond donors (Lipinski definition) is 2. The fraction of sp³-hybridized carbons (Fsp3) is 0.294. The molecule has 0 radical (unpaired) electrons. The van der Waals surface area contributed by atoms with Crippen LogP contribution in [-0.4, -0.2) is 17.4 Å². The number of anilines is 2. The minimum atomic E-state index is 0.0608. The normalized spacial score (nSPS) is 10.2. The molecular formula is C17H21N3OS. The average Bonchev–Trinajstić information content (AvgIpc) is 3.00. The Bertz CT molecular complexity index is 636. The Kier molecular flexibility index (Phi) is 6.15. The number of rotatable bonds is 8. The summed E-state index contributed by atoms with van der Waals surface area (Å²) in [6.07, 6.45) is 4.29. The highest BCUT2D eigenvalue weighted by molar-refractivity contribution is 7.14. The van der Waals surface area contributed by atoms with E-state index < -0.39 is 0 Å². The topological polar surface area (TPSA) is 54.0 Å². The molecule has 0 spiro atoms. The van der Waals surface area contributed by atoms with Crippen molar-refractivity contribution in [1.82, 2.24) is 4.98 Å². The number of thiazole rings is 1. The van der Waals surface area contributed by atoms with Crippen molar-refractivity contribution >= 4 is 28.1 Å². The molecule has 0 saturated carbocycles. The fourth-order valence-corrected chi connectivity index (χ4v) is 2.69. The van der Waals surface area contributed by atoms with Crippen LogP contribution in [0.2, 0.25) is 0 Å².